The molecule has 0 bridgehead atoms. The number of benzene rings is 2. The summed E-state index contributed by atoms with van der Waals surface area (Å²) in [7, 11) is 0. The molecule has 6 nitrogen and oxygen atoms in total. The highest BCUT2D eigenvalue weighted by Crippen LogP contribution is 2.23. The summed E-state index contributed by atoms with van der Waals surface area (Å²) in [5, 5.41) is 5.05. The normalized spacial score (nSPS) is 10.8. The zero-order valence-electron chi connectivity index (χ0n) is 16.0. The van der Waals surface area contributed by atoms with E-state index in [1.807, 2.05) is 12.1 Å². The number of anilines is 2. The minimum atomic E-state index is -0.793. The molecule has 2 rings (SSSR count). The van der Waals surface area contributed by atoms with E-state index in [-0.39, 0.29) is 12.0 Å². The van der Waals surface area contributed by atoms with E-state index < -0.39 is 17.8 Å². The van der Waals surface area contributed by atoms with E-state index in [9.17, 15) is 14.4 Å². The number of esters is 1. The number of nitrogens with one attached hydrogen (secondary N) is 2. The van der Waals surface area contributed by atoms with Gasteiger partial charge in [0.1, 0.15) is 0 Å². The number of hydrogen-bond acceptors (Lipinski definition) is 4. The maximum Gasteiger partial charge on any atom is 0.338 e. The highest BCUT2D eigenvalue weighted by molar-refractivity contribution is 6.43. The monoisotopic (exact) mass is 368 g/mol. The summed E-state index contributed by atoms with van der Waals surface area (Å²) in [5.41, 5.74) is 2.47. The highest BCUT2D eigenvalue weighted by atomic mass is 16.5. The van der Waals surface area contributed by atoms with Crippen LogP contribution in [0.3, 0.4) is 0 Å². The van der Waals surface area contributed by atoms with Gasteiger partial charge in [-0.2, -0.15) is 0 Å². The van der Waals surface area contributed by atoms with Crippen molar-refractivity contribution in [2.75, 3.05) is 17.2 Å². The summed E-state index contributed by atoms with van der Waals surface area (Å²) in [4.78, 5) is 35.7. The summed E-state index contributed by atoms with van der Waals surface area (Å²) in [6, 6.07) is 13.5. The van der Waals surface area contributed by atoms with E-state index in [1.165, 1.54) is 24.3 Å². The molecule has 0 aromatic heterocycles. The maximum atomic E-state index is 12.1. The molecule has 0 saturated heterocycles. The topological polar surface area (TPSA) is 84.5 Å². The lowest BCUT2D eigenvalue weighted by Crippen LogP contribution is -2.29. The van der Waals surface area contributed by atoms with Crippen molar-refractivity contribution in [3.05, 3.63) is 59.7 Å². The third kappa shape index (κ3) is 5.67. The van der Waals surface area contributed by atoms with Crippen LogP contribution in [-0.2, 0) is 19.7 Å². The predicted molar refractivity (Wildman–Crippen MR) is 105 cm³/mol. The van der Waals surface area contributed by atoms with Gasteiger partial charge in [-0.05, 0) is 54.3 Å². The molecule has 6 heteroatoms. The Labute approximate surface area is 158 Å². The van der Waals surface area contributed by atoms with Crippen molar-refractivity contribution in [1.29, 1.82) is 0 Å². The molecule has 2 amide bonds. The molecule has 0 unspecified atom stereocenters. The first-order valence-corrected chi connectivity index (χ1v) is 8.71. The van der Waals surface area contributed by atoms with Crippen LogP contribution in [0.2, 0.25) is 0 Å². The minimum Gasteiger partial charge on any atom is -0.462 e. The highest BCUT2D eigenvalue weighted by Gasteiger charge is 2.16. The standard InChI is InChI=1S/C21H24N2O4/c1-5-27-20(26)14-6-10-16(11-7-14)22-18(24)19(25)23-17-12-8-15(9-13-17)21(2,3)4/h6-13H,5H2,1-4H3,(H,22,24)(H,23,25). The molecule has 2 aromatic rings. The Morgan fingerprint density at radius 1 is 0.815 bits per heavy atom. The van der Waals surface area contributed by atoms with Crippen molar-refractivity contribution >= 4 is 29.2 Å². The van der Waals surface area contributed by atoms with Crippen molar-refractivity contribution in [2.45, 2.75) is 33.1 Å². The first-order valence-electron chi connectivity index (χ1n) is 8.71. The van der Waals surface area contributed by atoms with Crippen molar-refractivity contribution in [2.24, 2.45) is 0 Å². The SMILES string of the molecule is CCOC(=O)c1ccc(NC(=O)C(=O)Nc2ccc(C(C)(C)C)cc2)cc1. The second-order valence-electron chi connectivity index (χ2n) is 7.03. The number of carbonyl (C=O) groups excluding carboxylic acids is 3. The fourth-order valence-electron chi connectivity index (χ4n) is 2.33. The van der Waals surface area contributed by atoms with Crippen LogP contribution in [0.15, 0.2) is 48.5 Å². The van der Waals surface area contributed by atoms with Crippen molar-refractivity contribution in [3.63, 3.8) is 0 Å². The molecule has 0 saturated carbocycles. The second-order valence-corrected chi connectivity index (χ2v) is 7.03. The zero-order chi connectivity index (χ0) is 20.0. The van der Waals surface area contributed by atoms with Crippen LogP contribution in [0.4, 0.5) is 11.4 Å². The lowest BCUT2D eigenvalue weighted by atomic mass is 9.87. The van der Waals surface area contributed by atoms with Crippen LogP contribution in [0, 0.1) is 0 Å². The summed E-state index contributed by atoms with van der Waals surface area (Å²) < 4.78 is 4.89. The lowest BCUT2D eigenvalue weighted by Gasteiger charge is -2.19. The Morgan fingerprint density at radius 3 is 1.67 bits per heavy atom. The van der Waals surface area contributed by atoms with Gasteiger partial charge in [0.05, 0.1) is 12.2 Å². The van der Waals surface area contributed by atoms with Crippen LogP contribution >= 0.6 is 0 Å². The summed E-state index contributed by atoms with van der Waals surface area (Å²) in [6.45, 7) is 8.31. The van der Waals surface area contributed by atoms with Gasteiger partial charge in [0, 0.05) is 11.4 Å². The number of amides is 2. The molecule has 2 aromatic carbocycles. The van der Waals surface area contributed by atoms with Gasteiger partial charge in [0.2, 0.25) is 0 Å². The van der Waals surface area contributed by atoms with Crippen molar-refractivity contribution < 1.29 is 19.1 Å². The molecule has 142 valence electrons. The Hall–Kier alpha value is -3.15. The predicted octanol–water partition coefficient (Wildman–Crippen LogP) is 3.74. The third-order valence-electron chi connectivity index (χ3n) is 3.87. The smallest absolute Gasteiger partial charge is 0.338 e. The van der Waals surface area contributed by atoms with Gasteiger partial charge >= 0.3 is 17.8 Å². The van der Waals surface area contributed by atoms with Gasteiger partial charge in [-0.15, -0.1) is 0 Å². The molecule has 0 aliphatic carbocycles. The summed E-state index contributed by atoms with van der Waals surface area (Å²) in [6.07, 6.45) is 0. The van der Waals surface area contributed by atoms with Crippen LogP contribution < -0.4 is 10.6 Å². The molecule has 0 fully saturated rings. The summed E-state index contributed by atoms with van der Waals surface area (Å²) >= 11 is 0. The minimum absolute atomic E-state index is 0.00955. The maximum absolute atomic E-state index is 12.1. The molecule has 0 radical (unpaired) electrons. The lowest BCUT2D eigenvalue weighted by molar-refractivity contribution is -0.132. The summed E-state index contributed by atoms with van der Waals surface area (Å²) in [5.74, 6) is -2.00. The molecule has 0 aliphatic heterocycles. The molecule has 2 N–H and O–H groups in total. The van der Waals surface area contributed by atoms with E-state index in [4.69, 9.17) is 4.74 Å². The first-order chi connectivity index (χ1) is 12.7. The largest absolute Gasteiger partial charge is 0.462 e. The van der Waals surface area contributed by atoms with Crippen LogP contribution in [0.1, 0.15) is 43.6 Å². The van der Waals surface area contributed by atoms with Gasteiger partial charge in [0.25, 0.3) is 0 Å². The zero-order valence-corrected chi connectivity index (χ0v) is 16.0. The van der Waals surface area contributed by atoms with E-state index >= 15 is 0 Å². The quantitative estimate of drug-likeness (QED) is 0.636. The molecule has 0 heterocycles. The Kier molecular flexibility index (Phi) is 6.34. The average Bonchev–Trinajstić information content (AvgIpc) is 2.62. The average molecular weight is 368 g/mol. The fourth-order valence-corrected chi connectivity index (χ4v) is 2.33. The Balaban J connectivity index is 1.95. The Bertz CT molecular complexity index is 819. The second kappa shape index (κ2) is 8.49. The number of hydrogen-bond donors (Lipinski definition) is 2. The molecular formula is C21H24N2O4. The van der Waals surface area contributed by atoms with Crippen LogP contribution in [0.25, 0.3) is 0 Å². The number of carbonyl (C=O) groups is 3. The molecular weight excluding hydrogens is 344 g/mol. The van der Waals surface area contributed by atoms with E-state index in [1.54, 1.807) is 19.1 Å². The van der Waals surface area contributed by atoms with Crippen molar-refractivity contribution in [3.8, 4) is 0 Å². The van der Waals surface area contributed by atoms with E-state index in [0.717, 1.165) is 5.56 Å². The van der Waals surface area contributed by atoms with Gasteiger partial charge < -0.3 is 15.4 Å². The van der Waals surface area contributed by atoms with Crippen LogP contribution in [-0.4, -0.2) is 24.4 Å². The van der Waals surface area contributed by atoms with Gasteiger partial charge in [-0.3, -0.25) is 9.59 Å². The van der Waals surface area contributed by atoms with Gasteiger partial charge in [0.15, 0.2) is 0 Å². The number of ether oxygens (including phenoxy) is 1. The molecule has 27 heavy (non-hydrogen) atoms. The Morgan fingerprint density at radius 2 is 1.26 bits per heavy atom. The molecule has 0 spiro atoms. The fraction of sp³-hybridized carbons (Fsp3) is 0.286. The molecule has 0 atom stereocenters. The van der Waals surface area contributed by atoms with E-state index in [2.05, 4.69) is 31.4 Å². The van der Waals surface area contributed by atoms with Gasteiger partial charge in [-0.1, -0.05) is 32.9 Å². The third-order valence-corrected chi connectivity index (χ3v) is 3.87. The van der Waals surface area contributed by atoms with E-state index in [0.29, 0.717) is 16.9 Å². The molecule has 0 aliphatic rings. The first kappa shape index (κ1) is 20.2. The van der Waals surface area contributed by atoms with Crippen LogP contribution in [0.5, 0.6) is 0 Å². The number of rotatable bonds is 4. The van der Waals surface area contributed by atoms with Gasteiger partial charge in [-0.25, -0.2) is 4.79 Å². The van der Waals surface area contributed by atoms with Crippen molar-refractivity contribution in [1.82, 2.24) is 0 Å².